The third-order valence-corrected chi connectivity index (χ3v) is 24.4. The molecule has 1 unspecified atom stereocenters. The zero-order valence-corrected chi connectivity index (χ0v) is 78.2. The van der Waals surface area contributed by atoms with Gasteiger partial charge in [0.25, 0.3) is 23.6 Å². The fourth-order valence-electron chi connectivity index (χ4n) is 16.9. The Labute approximate surface area is 781 Å². The number of cyclic esters (lactones) is 1. The minimum Gasteiger partial charge on any atom is -0.459 e. The lowest BCUT2D eigenvalue weighted by molar-refractivity contribution is -0.245. The van der Waals surface area contributed by atoms with E-state index in [-0.39, 0.29) is 125 Å². The minimum absolute atomic E-state index is 0.00614. The SMILES string of the molecule is CO[C@H]1C[C@@H]2CCC[C@@](O)(O2)C(=O)C(=O)N2CCCC[C@H]2C(=O)O[C@H]([C@H](N)C[C@@H]2CCC(n3cc(-c4cccc(C(=O)NCCOCCOCCOCCOCCC(=O)NCCOCCOCCOCCOCCC(=O)NCCCCn5nc(-c6ccc7oc(N)nc7c6)c6c(N)ncnc65)c4)nn3)[C@H](OC)C2)CC(=O)[C@H](C)/C=C(\C)[C@@H](O)[C@@H](O)C(=O)[C@H](C)C[C@H](C)/C=C/C=C/C=C/1C. The van der Waals surface area contributed by atoms with Crippen molar-refractivity contribution in [3.05, 3.63) is 108 Å². The van der Waals surface area contributed by atoms with Crippen LogP contribution in [0.3, 0.4) is 0 Å². The first-order valence-electron chi connectivity index (χ1n) is 46.7. The number of aliphatic hydroxyl groups is 3. The molecule has 12 N–H and O–H groups in total. The number of nitrogen functional groups attached to an aromatic ring is 2. The second kappa shape index (κ2) is 55.2. The van der Waals surface area contributed by atoms with E-state index in [1.54, 1.807) is 61.7 Å². The molecule has 2 aromatic carbocycles. The summed E-state index contributed by atoms with van der Waals surface area (Å²) in [4.78, 5) is 123. The fraction of sp³-hybridized carbons (Fsp3) is 0.621. The van der Waals surface area contributed by atoms with Crippen LogP contribution in [0.15, 0.2) is 107 Å². The summed E-state index contributed by atoms with van der Waals surface area (Å²) in [5.74, 6) is -8.64. The van der Waals surface area contributed by atoms with Crippen molar-refractivity contribution in [1.29, 1.82) is 0 Å². The summed E-state index contributed by atoms with van der Waals surface area (Å²) in [5.41, 5.74) is 24.9. The van der Waals surface area contributed by atoms with E-state index in [9.17, 15) is 53.7 Å². The number of hydrogen-bond acceptors (Lipinski definition) is 33. The van der Waals surface area contributed by atoms with Crippen molar-refractivity contribution in [1.82, 2.24) is 60.6 Å². The van der Waals surface area contributed by atoms with E-state index in [0.29, 0.717) is 207 Å². The highest BCUT2D eigenvalue weighted by atomic mass is 16.6. The van der Waals surface area contributed by atoms with E-state index in [2.05, 4.69) is 41.2 Å². The Kier molecular flexibility index (Phi) is 43.7. The summed E-state index contributed by atoms with van der Waals surface area (Å²) < 4.78 is 78.0. The van der Waals surface area contributed by atoms with Gasteiger partial charge < -0.3 is 115 Å². The van der Waals surface area contributed by atoms with Crippen molar-refractivity contribution in [2.24, 2.45) is 29.4 Å². The molecule has 3 fully saturated rings. The highest BCUT2D eigenvalue weighted by Crippen LogP contribution is 2.39. The van der Waals surface area contributed by atoms with E-state index < -0.39 is 95.6 Å². The van der Waals surface area contributed by atoms with Crippen LogP contribution in [-0.2, 0) is 96.9 Å². The number of methoxy groups -OCH3 is 2. The van der Waals surface area contributed by atoms with Crippen LogP contribution >= 0.6 is 0 Å². The van der Waals surface area contributed by atoms with Gasteiger partial charge in [-0.3, -0.25) is 33.6 Å². The van der Waals surface area contributed by atoms with Crippen LogP contribution in [0.5, 0.6) is 0 Å². The molecule has 3 aliphatic heterocycles. The molecule has 0 radical (unpaired) electrons. The number of Topliss-reactive ketones (excluding diaryl/α,β-unsaturated/α-hetero) is 3. The largest absolute Gasteiger partial charge is 0.459 e. The van der Waals surface area contributed by atoms with Crippen molar-refractivity contribution in [2.75, 3.05) is 158 Å². The van der Waals surface area contributed by atoms with E-state index in [1.807, 2.05) is 68.6 Å². The number of oxazole rings is 1. The Hall–Kier alpha value is -10.1. The number of unbranched alkanes of at least 4 members (excludes halogenated alkanes) is 1. The summed E-state index contributed by atoms with van der Waals surface area (Å²) in [7, 11) is 3.15. The average Bonchev–Trinajstić information content (AvgIpc) is 1.59. The van der Waals surface area contributed by atoms with Crippen LogP contribution in [0.25, 0.3) is 44.6 Å². The second-order valence-corrected chi connectivity index (χ2v) is 34.6. The number of ether oxygens (including phenoxy) is 12. The number of carbonyl (C=O) groups is 8. The summed E-state index contributed by atoms with van der Waals surface area (Å²) >= 11 is 0. The zero-order valence-electron chi connectivity index (χ0n) is 78.2. The van der Waals surface area contributed by atoms with Crippen molar-refractivity contribution in [3.8, 4) is 22.5 Å². The monoisotopic (exact) mass is 1870 g/mol. The number of piperidine rings is 1. The predicted molar refractivity (Wildman–Crippen MR) is 494 cm³/mol. The molecule has 14 atom stereocenters. The molecular weight excluding hydrogens is 1740 g/mol. The number of benzene rings is 2. The van der Waals surface area contributed by atoms with Gasteiger partial charge in [0.2, 0.25) is 17.6 Å². The van der Waals surface area contributed by atoms with Gasteiger partial charge >= 0.3 is 5.97 Å². The normalized spacial score (nSPS) is 25.1. The van der Waals surface area contributed by atoms with Gasteiger partial charge in [-0.2, -0.15) is 10.1 Å². The van der Waals surface area contributed by atoms with Gasteiger partial charge in [0.05, 0.1) is 142 Å². The minimum atomic E-state index is -2.47. The quantitative estimate of drug-likeness (QED) is 0.00844. The van der Waals surface area contributed by atoms with E-state index in [1.165, 1.54) is 19.3 Å². The van der Waals surface area contributed by atoms with Gasteiger partial charge in [0, 0.05) is 114 Å². The van der Waals surface area contributed by atoms with Crippen LogP contribution in [0.2, 0.25) is 0 Å². The number of aromatic nitrogens is 8. The van der Waals surface area contributed by atoms with Gasteiger partial charge in [-0.25, -0.2) is 24.1 Å². The van der Waals surface area contributed by atoms with Crippen molar-refractivity contribution < 1.29 is 115 Å². The molecule has 7 heterocycles. The number of hydrogen-bond donors (Lipinski definition) is 9. The zero-order chi connectivity index (χ0) is 95.9. The molecule has 6 aromatic rings. The van der Waals surface area contributed by atoms with E-state index in [4.69, 9.17) is 83.6 Å². The van der Waals surface area contributed by atoms with Crippen LogP contribution in [0.1, 0.15) is 160 Å². The van der Waals surface area contributed by atoms with Gasteiger partial charge in [0.15, 0.2) is 17.0 Å². The Bertz CT molecular complexity index is 4880. The Morgan fingerprint density at radius 3 is 2.03 bits per heavy atom. The Morgan fingerprint density at radius 1 is 0.687 bits per heavy atom. The lowest BCUT2D eigenvalue weighted by Crippen LogP contribution is -2.58. The van der Waals surface area contributed by atoms with E-state index in [0.717, 1.165) is 28.9 Å². The molecule has 39 nitrogen and oxygen atoms in total. The van der Waals surface area contributed by atoms with Crippen LogP contribution in [0.4, 0.5) is 11.8 Å². The van der Waals surface area contributed by atoms with Gasteiger partial charge in [-0.05, 0) is 144 Å². The molecule has 134 heavy (non-hydrogen) atoms. The number of aryl methyl sites for hydroxylation is 1. The molecule has 4 aromatic heterocycles. The molecule has 1 saturated carbocycles. The third-order valence-electron chi connectivity index (χ3n) is 24.4. The number of anilines is 2. The van der Waals surface area contributed by atoms with Crippen molar-refractivity contribution in [3.63, 3.8) is 0 Å². The number of fused-ring (bicyclic) bond motifs is 5. The molecule has 4 aliphatic rings. The molecule has 0 spiro atoms. The fourth-order valence-corrected chi connectivity index (χ4v) is 16.9. The number of aliphatic hydroxyl groups excluding tert-OH is 2. The number of amides is 4. The van der Waals surface area contributed by atoms with Crippen molar-refractivity contribution in [2.45, 2.75) is 211 Å². The predicted octanol–water partition coefficient (Wildman–Crippen LogP) is 6.58. The second-order valence-electron chi connectivity index (χ2n) is 34.6. The maximum absolute atomic E-state index is 14.7. The molecule has 39 heteroatoms. The third kappa shape index (κ3) is 32.6. The number of ketones is 3. The highest BCUT2D eigenvalue weighted by Gasteiger charge is 2.50. The number of nitrogens with zero attached hydrogens (tertiary/aromatic N) is 9. The lowest BCUT2D eigenvalue weighted by atomic mass is 9.79. The standard InChI is InChI=1S/C95H137N15O24/c1-61-17-9-8-10-18-62(2)78(122-6)57-70-21-16-29-95(121,134-70)88(117)92(119)108-33-13-11-22-75(108)93(120)132-79(58-76(111)63(3)52-65(5)86(115)87(116)85(114)64(4)51-61)71(96)53-66-23-25-74(80(54-66)123-7)110-59-73(105-107-110)67-19-15-20-69(55-67)91(118)101-32-38-127-42-46-131-50-48-129-44-40-125-36-28-82(113)100-31-37-126-41-45-130-49-47-128-43-39-124-35-27-81(112)99-30-12-14-34-109-90-83(89(97)102-60-103-90)84(106-109)68-24-26-77-72(56-68)104-94(98)133-77/h8-10,15,17-20,24,26,52,55-56,59-61,63-64,66,70-71,74-75,78-80,86-87,115-116,121H,11-14,16,21-23,25,27-51,53-54,57-58,96H2,1-7H3,(H2,98,104)(H,99,112)(H,100,113)(H,101,118)(H2,97,102,103)/b10-8+,17-9+,62-18+,65-52+/t61-,63-,64-,66+,70+,71-,74?,75+,78+,79+,80-,86-,87+,95-/m1/s1. The average molecular weight is 1870 g/mol. The summed E-state index contributed by atoms with van der Waals surface area (Å²) in [5, 5.41) is 57.5. The Morgan fingerprint density at radius 2 is 1.35 bits per heavy atom. The first-order chi connectivity index (χ1) is 64.7. The first-order valence-corrected chi connectivity index (χ1v) is 46.7. The number of allylic oxidation sites excluding steroid dienone is 6. The first kappa shape index (κ1) is 106. The topological polar surface area (TPSA) is 526 Å². The number of nitrogens with two attached hydrogens (primary N) is 3. The van der Waals surface area contributed by atoms with Gasteiger partial charge in [0.1, 0.15) is 59.2 Å². The lowest BCUT2D eigenvalue weighted by Gasteiger charge is -2.40. The molecular formula is C95H137N15O24. The molecule has 736 valence electrons. The summed E-state index contributed by atoms with van der Waals surface area (Å²) in [6.07, 6.45) is 13.7. The van der Waals surface area contributed by atoms with Gasteiger partial charge in [-0.15, -0.1) is 5.10 Å². The maximum Gasteiger partial charge on any atom is 0.329 e. The molecule has 2 bridgehead atoms. The molecule has 2 saturated heterocycles. The molecule has 10 rings (SSSR count). The van der Waals surface area contributed by atoms with Crippen LogP contribution in [0, 0.1) is 23.7 Å². The van der Waals surface area contributed by atoms with Crippen molar-refractivity contribution >= 4 is 80.9 Å². The summed E-state index contributed by atoms with van der Waals surface area (Å²) in [6, 6.07) is 10.1. The van der Waals surface area contributed by atoms with Crippen LogP contribution < -0.4 is 33.2 Å². The summed E-state index contributed by atoms with van der Waals surface area (Å²) in [6.45, 7) is 15.4. The Balaban J connectivity index is 0.551. The van der Waals surface area contributed by atoms with E-state index >= 15 is 0 Å². The number of carbonyl (C=O) groups excluding carboxylic acids is 8. The molecule has 4 amide bonds. The molecule has 1 aliphatic carbocycles. The highest BCUT2D eigenvalue weighted by molar-refractivity contribution is 6.39. The van der Waals surface area contributed by atoms with Crippen LogP contribution in [-0.4, -0.2) is 307 Å². The number of rotatable bonds is 44. The smallest absolute Gasteiger partial charge is 0.329 e. The number of nitrogens with one attached hydrogen (secondary N) is 3. The number of esters is 1. The van der Waals surface area contributed by atoms with Gasteiger partial charge in [-0.1, -0.05) is 74.6 Å². The maximum atomic E-state index is 14.7.